The van der Waals surface area contributed by atoms with Crippen molar-refractivity contribution in [2.45, 2.75) is 57.7 Å². The standard InChI is InChI=1S/C21H28NO2PSe/c1-20(2)15-17(16-21(3,4)22(20)23)24-25(26,18-11-7-5-8-12-18)19-13-9-6-10-14-19/h5-14,17,23H,15-16H2,1-4H3. The maximum atomic E-state index is 10.6. The van der Waals surface area contributed by atoms with Gasteiger partial charge < -0.3 is 0 Å². The van der Waals surface area contributed by atoms with E-state index in [1.807, 2.05) is 12.1 Å². The van der Waals surface area contributed by atoms with Gasteiger partial charge in [-0.25, -0.2) is 0 Å². The van der Waals surface area contributed by atoms with Crippen molar-refractivity contribution in [2.75, 3.05) is 0 Å². The summed E-state index contributed by atoms with van der Waals surface area (Å²) in [5.74, 6) is 0. The molecule has 0 amide bonds. The third kappa shape index (κ3) is 3.92. The average Bonchev–Trinajstić information content (AvgIpc) is 2.60. The van der Waals surface area contributed by atoms with Crippen LogP contribution in [0.2, 0.25) is 0 Å². The summed E-state index contributed by atoms with van der Waals surface area (Å²) in [4.78, 5) is 0. The van der Waals surface area contributed by atoms with Gasteiger partial charge in [0.05, 0.1) is 0 Å². The SMILES string of the molecule is CC1(C)CC(OP(=[Se])(c2ccccc2)c2ccccc2)CC(C)(C)N1O. The van der Waals surface area contributed by atoms with Gasteiger partial charge in [0, 0.05) is 0 Å². The van der Waals surface area contributed by atoms with Crippen LogP contribution in [0, 0.1) is 0 Å². The van der Waals surface area contributed by atoms with Crippen LogP contribution in [0.25, 0.3) is 0 Å². The maximum absolute atomic E-state index is 10.6. The molecule has 26 heavy (non-hydrogen) atoms. The van der Waals surface area contributed by atoms with E-state index in [0.29, 0.717) is 0 Å². The molecule has 1 saturated heterocycles. The van der Waals surface area contributed by atoms with Crippen LogP contribution in [0.3, 0.4) is 0 Å². The Morgan fingerprint density at radius 2 is 1.27 bits per heavy atom. The molecule has 3 rings (SSSR count). The number of hydrogen-bond donors (Lipinski definition) is 1. The molecule has 5 heteroatoms. The van der Waals surface area contributed by atoms with E-state index in [1.165, 1.54) is 15.7 Å². The molecule has 2 aromatic rings. The van der Waals surface area contributed by atoms with Crippen molar-refractivity contribution in [3.05, 3.63) is 60.7 Å². The number of rotatable bonds is 4. The Bertz CT molecular complexity index is 731. The first kappa shape index (κ1) is 20.0. The first-order valence-corrected chi connectivity index (χ1v) is 13.0. The zero-order chi connectivity index (χ0) is 19.0. The average molecular weight is 436 g/mol. The van der Waals surface area contributed by atoms with Gasteiger partial charge in [-0.15, -0.1) is 0 Å². The Kier molecular flexibility index (Phi) is 5.66. The van der Waals surface area contributed by atoms with Gasteiger partial charge in [0.25, 0.3) is 0 Å². The first-order valence-electron chi connectivity index (χ1n) is 9.04. The summed E-state index contributed by atoms with van der Waals surface area (Å²) in [6, 6.07) is 20.9. The number of hydrogen-bond acceptors (Lipinski definition) is 3. The molecule has 2 aromatic carbocycles. The van der Waals surface area contributed by atoms with Gasteiger partial charge in [0.2, 0.25) is 0 Å². The summed E-state index contributed by atoms with van der Waals surface area (Å²) in [7, 11) is 0. The van der Waals surface area contributed by atoms with E-state index < -0.39 is 5.74 Å². The van der Waals surface area contributed by atoms with Gasteiger partial charge in [0.1, 0.15) is 0 Å². The van der Waals surface area contributed by atoms with Crippen LogP contribution in [0.1, 0.15) is 40.5 Å². The Hall–Kier alpha value is -0.731. The molecular weight excluding hydrogens is 408 g/mol. The quantitative estimate of drug-likeness (QED) is 0.579. The fourth-order valence-corrected chi connectivity index (χ4v) is 8.52. The molecule has 1 aliphatic rings. The van der Waals surface area contributed by atoms with E-state index in [4.69, 9.17) is 4.52 Å². The molecule has 0 radical (unpaired) electrons. The molecule has 3 nitrogen and oxygen atoms in total. The molecule has 140 valence electrons. The van der Waals surface area contributed by atoms with Gasteiger partial charge in [-0.3, -0.25) is 0 Å². The molecular formula is C21H28NO2PSe. The van der Waals surface area contributed by atoms with Crippen molar-refractivity contribution < 1.29 is 9.73 Å². The fourth-order valence-electron chi connectivity index (χ4n) is 3.98. The minimum absolute atomic E-state index is 0.0680. The molecule has 0 bridgehead atoms. The predicted molar refractivity (Wildman–Crippen MR) is 111 cm³/mol. The second kappa shape index (κ2) is 7.35. The van der Waals surface area contributed by atoms with E-state index in [9.17, 15) is 5.21 Å². The first-order chi connectivity index (χ1) is 12.2. The molecule has 0 atom stereocenters. The van der Waals surface area contributed by atoms with E-state index in [2.05, 4.69) is 91.3 Å². The molecule has 1 heterocycles. The van der Waals surface area contributed by atoms with Gasteiger partial charge in [-0.2, -0.15) is 0 Å². The second-order valence-corrected chi connectivity index (χ2v) is 13.9. The molecule has 0 aromatic heterocycles. The van der Waals surface area contributed by atoms with Crippen molar-refractivity contribution in [3.63, 3.8) is 0 Å². The second-order valence-electron chi connectivity index (χ2n) is 8.29. The van der Waals surface area contributed by atoms with E-state index in [-0.39, 0.29) is 17.2 Å². The summed E-state index contributed by atoms with van der Waals surface area (Å²) in [6.45, 7) is 8.31. The summed E-state index contributed by atoms with van der Waals surface area (Å²) in [5.41, 5.74) is -2.76. The van der Waals surface area contributed by atoms with Crippen LogP contribution in [-0.2, 0) is 4.52 Å². The fraction of sp³-hybridized carbons (Fsp3) is 0.429. The van der Waals surface area contributed by atoms with Crippen molar-refractivity contribution >= 4 is 31.4 Å². The summed E-state index contributed by atoms with van der Waals surface area (Å²) < 4.78 is 6.89. The molecule has 1 fully saturated rings. The molecule has 1 N–H and O–H groups in total. The van der Waals surface area contributed by atoms with Crippen molar-refractivity contribution in [1.29, 1.82) is 0 Å². The third-order valence-corrected chi connectivity index (χ3v) is 10.8. The molecule has 0 unspecified atom stereocenters. The number of piperidine rings is 1. The van der Waals surface area contributed by atoms with Crippen molar-refractivity contribution in [3.8, 4) is 0 Å². The van der Waals surface area contributed by atoms with Gasteiger partial charge in [-0.05, 0) is 0 Å². The van der Waals surface area contributed by atoms with E-state index in [1.54, 1.807) is 0 Å². The minimum atomic E-state index is -2.10. The Labute approximate surface area is 164 Å². The van der Waals surface area contributed by atoms with Gasteiger partial charge >= 0.3 is 165 Å². The molecule has 0 aliphatic carbocycles. The van der Waals surface area contributed by atoms with Crippen LogP contribution in [0.5, 0.6) is 0 Å². The Morgan fingerprint density at radius 3 is 1.65 bits per heavy atom. The Balaban J connectivity index is 1.99. The summed E-state index contributed by atoms with van der Waals surface area (Å²) in [6.07, 6.45) is 1.64. The third-order valence-electron chi connectivity index (χ3n) is 5.09. The molecule has 0 spiro atoms. The zero-order valence-electron chi connectivity index (χ0n) is 15.9. The van der Waals surface area contributed by atoms with Gasteiger partial charge in [0.15, 0.2) is 0 Å². The number of benzene rings is 2. The number of nitrogens with zero attached hydrogens (tertiary/aromatic N) is 1. The van der Waals surface area contributed by atoms with Crippen LogP contribution in [0.4, 0.5) is 0 Å². The van der Waals surface area contributed by atoms with E-state index >= 15 is 0 Å². The van der Waals surface area contributed by atoms with Crippen LogP contribution in [-0.4, -0.2) is 42.6 Å². The number of hydroxylamine groups is 2. The van der Waals surface area contributed by atoms with Crippen LogP contribution in [0.15, 0.2) is 60.7 Å². The molecule has 1 aliphatic heterocycles. The Morgan fingerprint density at radius 1 is 0.885 bits per heavy atom. The predicted octanol–water partition coefficient (Wildman–Crippen LogP) is 4.08. The monoisotopic (exact) mass is 437 g/mol. The summed E-state index contributed by atoms with van der Waals surface area (Å²) >= 11 is 3.45. The van der Waals surface area contributed by atoms with Crippen molar-refractivity contribution in [2.24, 2.45) is 0 Å². The normalized spacial score (nSPS) is 20.8. The van der Waals surface area contributed by atoms with Crippen LogP contribution < -0.4 is 10.6 Å². The van der Waals surface area contributed by atoms with Crippen LogP contribution >= 0.6 is 5.74 Å². The zero-order valence-corrected chi connectivity index (χ0v) is 18.5. The topological polar surface area (TPSA) is 32.7 Å². The van der Waals surface area contributed by atoms with E-state index in [0.717, 1.165) is 12.8 Å². The molecule has 0 saturated carbocycles. The van der Waals surface area contributed by atoms with Gasteiger partial charge in [-0.1, -0.05) is 0 Å². The summed E-state index contributed by atoms with van der Waals surface area (Å²) in [5, 5.41) is 14.5. The van der Waals surface area contributed by atoms with Crippen molar-refractivity contribution in [1.82, 2.24) is 5.06 Å².